The van der Waals surface area contributed by atoms with E-state index in [1.54, 1.807) is 5.38 Å². The van der Waals surface area contributed by atoms with Crippen LogP contribution < -0.4 is 10.6 Å². The zero-order valence-electron chi connectivity index (χ0n) is 10.8. The molecule has 1 rings (SSSR count). The molecule has 1 aromatic rings. The Bertz CT molecular complexity index is 490. The third-order valence-electron chi connectivity index (χ3n) is 1.98. The maximum absolute atomic E-state index is 11.5. The number of imide groups is 1. The molecule has 7 nitrogen and oxygen atoms in total. The standard InChI is InChI=1S/C11H15N3O4S2/c1-2-3-12-10(18)14-8(15)6-20-11-13-7(5-19-11)4-9(16)17/h5H,2-4,6H2,1H3,(H,16,17)(H2,12,14,15,18). The van der Waals surface area contributed by atoms with Crippen LogP contribution >= 0.6 is 23.1 Å². The number of amides is 3. The van der Waals surface area contributed by atoms with E-state index >= 15 is 0 Å². The van der Waals surface area contributed by atoms with E-state index < -0.39 is 17.9 Å². The minimum atomic E-state index is -0.947. The Morgan fingerprint density at radius 2 is 2.20 bits per heavy atom. The summed E-state index contributed by atoms with van der Waals surface area (Å²) < 4.78 is 0.602. The predicted molar refractivity (Wildman–Crippen MR) is 76.0 cm³/mol. The number of aliphatic carboxylic acids is 1. The average molecular weight is 317 g/mol. The van der Waals surface area contributed by atoms with Crippen molar-refractivity contribution in [3.05, 3.63) is 11.1 Å². The molecule has 0 aliphatic rings. The lowest BCUT2D eigenvalue weighted by Crippen LogP contribution is -2.40. The third kappa shape index (κ3) is 6.53. The van der Waals surface area contributed by atoms with Gasteiger partial charge in [-0.25, -0.2) is 9.78 Å². The number of carboxylic acids is 1. The van der Waals surface area contributed by atoms with Crippen molar-refractivity contribution in [3.63, 3.8) is 0 Å². The van der Waals surface area contributed by atoms with Crippen molar-refractivity contribution in [2.75, 3.05) is 12.3 Å². The first-order valence-electron chi connectivity index (χ1n) is 5.88. The van der Waals surface area contributed by atoms with Crippen LogP contribution in [0, 0.1) is 0 Å². The molecule has 0 saturated carbocycles. The fourth-order valence-corrected chi connectivity index (χ4v) is 2.81. The van der Waals surface area contributed by atoms with Crippen molar-refractivity contribution < 1.29 is 19.5 Å². The van der Waals surface area contributed by atoms with Crippen molar-refractivity contribution in [3.8, 4) is 0 Å². The van der Waals surface area contributed by atoms with E-state index in [0.29, 0.717) is 16.6 Å². The molecule has 0 radical (unpaired) electrons. The van der Waals surface area contributed by atoms with Gasteiger partial charge in [0.25, 0.3) is 0 Å². The molecule has 0 unspecified atom stereocenters. The van der Waals surface area contributed by atoms with Crippen LogP contribution in [0.5, 0.6) is 0 Å². The molecule has 0 aliphatic heterocycles. The van der Waals surface area contributed by atoms with Crippen molar-refractivity contribution in [1.82, 2.24) is 15.6 Å². The zero-order valence-corrected chi connectivity index (χ0v) is 12.5. The van der Waals surface area contributed by atoms with Crippen LogP contribution in [0.25, 0.3) is 0 Å². The normalized spacial score (nSPS) is 10.1. The summed E-state index contributed by atoms with van der Waals surface area (Å²) in [6, 6.07) is -0.511. The maximum atomic E-state index is 11.5. The highest BCUT2D eigenvalue weighted by molar-refractivity contribution is 8.01. The molecular weight excluding hydrogens is 302 g/mol. The lowest BCUT2D eigenvalue weighted by atomic mass is 10.3. The van der Waals surface area contributed by atoms with Gasteiger partial charge in [0, 0.05) is 11.9 Å². The Labute approximate surface area is 124 Å². The summed E-state index contributed by atoms with van der Waals surface area (Å²) in [6.45, 7) is 2.42. The number of hydrogen-bond acceptors (Lipinski definition) is 6. The van der Waals surface area contributed by atoms with Gasteiger partial charge in [-0.15, -0.1) is 11.3 Å². The number of carbonyl (C=O) groups is 3. The predicted octanol–water partition coefficient (Wildman–Crippen LogP) is 1.10. The number of nitrogens with one attached hydrogen (secondary N) is 2. The Morgan fingerprint density at radius 3 is 2.85 bits per heavy atom. The number of urea groups is 1. The molecule has 20 heavy (non-hydrogen) atoms. The van der Waals surface area contributed by atoms with Crippen LogP contribution in [0.1, 0.15) is 19.0 Å². The van der Waals surface area contributed by atoms with E-state index in [1.807, 2.05) is 6.92 Å². The number of hydrogen-bond donors (Lipinski definition) is 3. The number of aromatic nitrogens is 1. The number of carboxylic acid groups (broad SMARTS) is 1. The molecule has 0 aromatic carbocycles. The lowest BCUT2D eigenvalue weighted by Gasteiger charge is -2.04. The quantitative estimate of drug-likeness (QED) is 0.650. The second-order valence-corrected chi connectivity index (χ2v) is 5.85. The molecule has 1 heterocycles. The van der Waals surface area contributed by atoms with E-state index in [0.717, 1.165) is 18.2 Å². The van der Waals surface area contributed by atoms with Crippen molar-refractivity contribution >= 4 is 41.0 Å². The molecule has 110 valence electrons. The van der Waals surface area contributed by atoms with Crippen LogP contribution in [0.3, 0.4) is 0 Å². The Hall–Kier alpha value is -1.61. The molecule has 1 aromatic heterocycles. The van der Waals surface area contributed by atoms with Crippen LogP contribution in [0.2, 0.25) is 0 Å². The summed E-state index contributed by atoms with van der Waals surface area (Å²) in [5.41, 5.74) is 0.464. The number of thiazole rings is 1. The van der Waals surface area contributed by atoms with E-state index in [4.69, 9.17) is 5.11 Å². The van der Waals surface area contributed by atoms with E-state index in [1.165, 1.54) is 11.3 Å². The van der Waals surface area contributed by atoms with E-state index in [2.05, 4.69) is 15.6 Å². The third-order valence-corrected chi connectivity index (χ3v) is 4.05. The van der Waals surface area contributed by atoms with Crippen molar-refractivity contribution in [1.29, 1.82) is 0 Å². The van der Waals surface area contributed by atoms with Crippen LogP contribution in [-0.2, 0) is 16.0 Å². The van der Waals surface area contributed by atoms with E-state index in [-0.39, 0.29) is 12.2 Å². The van der Waals surface area contributed by atoms with Gasteiger partial charge in [-0.05, 0) is 6.42 Å². The summed E-state index contributed by atoms with van der Waals surface area (Å²) in [4.78, 5) is 37.3. The summed E-state index contributed by atoms with van der Waals surface area (Å²) >= 11 is 2.44. The van der Waals surface area contributed by atoms with Gasteiger partial charge in [-0.1, -0.05) is 18.7 Å². The van der Waals surface area contributed by atoms with Gasteiger partial charge in [0.1, 0.15) is 0 Å². The monoisotopic (exact) mass is 317 g/mol. The molecular formula is C11H15N3O4S2. The first kappa shape index (κ1) is 16.4. The Kier molecular flexibility index (Phi) is 7.02. The summed E-state index contributed by atoms with van der Waals surface area (Å²) in [6.07, 6.45) is 0.657. The number of carbonyl (C=O) groups excluding carboxylic acids is 2. The summed E-state index contributed by atoms with van der Waals surface area (Å²) in [5, 5.41) is 15.0. The second-order valence-electron chi connectivity index (χ2n) is 3.77. The smallest absolute Gasteiger partial charge is 0.321 e. The first-order chi connectivity index (χ1) is 9.51. The Morgan fingerprint density at radius 1 is 1.45 bits per heavy atom. The van der Waals surface area contributed by atoms with Crippen molar-refractivity contribution in [2.24, 2.45) is 0 Å². The van der Waals surface area contributed by atoms with E-state index in [9.17, 15) is 14.4 Å². The minimum absolute atomic E-state index is 0.0551. The number of rotatable bonds is 7. The van der Waals surface area contributed by atoms with Gasteiger partial charge < -0.3 is 10.4 Å². The van der Waals surface area contributed by atoms with Gasteiger partial charge in [0.15, 0.2) is 4.34 Å². The number of nitrogens with zero attached hydrogens (tertiary/aromatic N) is 1. The van der Waals surface area contributed by atoms with Crippen LogP contribution in [0.15, 0.2) is 9.72 Å². The summed E-state index contributed by atoms with van der Waals surface area (Å²) in [7, 11) is 0. The van der Waals surface area contributed by atoms with Gasteiger partial charge in [-0.3, -0.25) is 14.9 Å². The Balaban J connectivity index is 2.31. The maximum Gasteiger partial charge on any atom is 0.321 e. The molecule has 0 spiro atoms. The zero-order chi connectivity index (χ0) is 15.0. The molecule has 0 aliphatic carbocycles. The topological polar surface area (TPSA) is 108 Å². The molecule has 3 N–H and O–H groups in total. The molecule has 0 fully saturated rings. The van der Waals surface area contributed by atoms with Crippen LogP contribution in [0.4, 0.5) is 4.79 Å². The molecule has 9 heteroatoms. The fourth-order valence-electron chi connectivity index (χ4n) is 1.16. The molecule has 0 bridgehead atoms. The highest BCUT2D eigenvalue weighted by atomic mass is 32.2. The highest BCUT2D eigenvalue weighted by Gasteiger charge is 2.10. The SMILES string of the molecule is CCCNC(=O)NC(=O)CSc1nc(CC(=O)O)cs1. The second kappa shape index (κ2) is 8.54. The summed E-state index contributed by atoms with van der Waals surface area (Å²) in [5.74, 6) is -1.31. The number of thioether (sulfide) groups is 1. The van der Waals surface area contributed by atoms with Crippen molar-refractivity contribution in [2.45, 2.75) is 24.1 Å². The average Bonchev–Trinajstić information content (AvgIpc) is 2.80. The molecule has 3 amide bonds. The van der Waals surface area contributed by atoms with Gasteiger partial charge in [0.2, 0.25) is 5.91 Å². The van der Waals surface area contributed by atoms with Crippen LogP contribution in [-0.4, -0.2) is 40.3 Å². The highest BCUT2D eigenvalue weighted by Crippen LogP contribution is 2.22. The van der Waals surface area contributed by atoms with Gasteiger partial charge >= 0.3 is 12.0 Å². The van der Waals surface area contributed by atoms with Gasteiger partial charge in [-0.2, -0.15) is 0 Å². The first-order valence-corrected chi connectivity index (χ1v) is 7.74. The fraction of sp³-hybridized carbons (Fsp3) is 0.455. The van der Waals surface area contributed by atoms with Gasteiger partial charge in [0.05, 0.1) is 17.9 Å². The molecule has 0 atom stereocenters. The molecule has 0 saturated heterocycles. The minimum Gasteiger partial charge on any atom is -0.481 e. The largest absolute Gasteiger partial charge is 0.481 e. The lowest BCUT2D eigenvalue weighted by molar-refractivity contribution is -0.136.